The van der Waals surface area contributed by atoms with Crippen LogP contribution in [0.1, 0.15) is 35.6 Å². The number of hydrogen-bond acceptors (Lipinski definition) is 0. The van der Waals surface area contributed by atoms with Crippen LogP contribution < -0.4 is 15.9 Å². The fourth-order valence-corrected chi connectivity index (χ4v) is 11.2. The van der Waals surface area contributed by atoms with Crippen LogP contribution in [0.15, 0.2) is 119 Å². The lowest BCUT2D eigenvalue weighted by Gasteiger charge is -2.31. The fraction of sp³-hybridized carbons (Fsp3) is 0.200. The van der Waals surface area contributed by atoms with Gasteiger partial charge in [0.05, 0.1) is 0 Å². The molecule has 1 radical (unpaired) electrons. The van der Waals surface area contributed by atoms with Gasteiger partial charge < -0.3 is 0 Å². The second-order valence-electron chi connectivity index (χ2n) is 10.2. The van der Waals surface area contributed by atoms with Crippen LogP contribution in [-0.2, 0) is 0 Å². The summed E-state index contributed by atoms with van der Waals surface area (Å²) in [6.45, 7) is 11.3. The topological polar surface area (TPSA) is 0 Å². The standard InChI is InChI=1S/C35H35P2/c1-25-19-26(2)22-32(21-25)36(33-23-27(3)20-28(4)24-33)29(5)34-17-12-18-35(34)37(30-13-8-6-9-14-30)31-15-10-7-11-16-31/h6,8-16,18-24,29H,7H2,1-5H3/t29-,37?/m1/s1. The number of benzene rings is 3. The van der Waals surface area contributed by atoms with Crippen molar-refractivity contribution in [3.05, 3.63) is 148 Å². The lowest BCUT2D eigenvalue weighted by molar-refractivity contribution is 1.16. The summed E-state index contributed by atoms with van der Waals surface area (Å²) in [6.07, 6.45) is 14.8. The highest BCUT2D eigenvalue weighted by Crippen LogP contribution is 2.59. The zero-order valence-electron chi connectivity index (χ0n) is 22.5. The SMILES string of the molecule is Cc1cc(C)cc(P(c2cc(C)cc(C)c2)[C@H](C)C2=C=CC=C2P(C2=C[CH]CC=C2)c2ccccc2)c1. The Morgan fingerprint density at radius 1 is 0.730 bits per heavy atom. The number of rotatable bonds is 7. The van der Waals surface area contributed by atoms with Gasteiger partial charge in [-0.05, 0) is 95.1 Å². The lowest BCUT2D eigenvalue weighted by Crippen LogP contribution is -2.23. The first-order valence-electron chi connectivity index (χ1n) is 13.1. The van der Waals surface area contributed by atoms with E-state index in [2.05, 4.69) is 144 Å². The van der Waals surface area contributed by atoms with Gasteiger partial charge in [0.15, 0.2) is 0 Å². The third-order valence-corrected chi connectivity index (χ3v) is 12.1. The Labute approximate surface area is 225 Å². The Kier molecular flexibility index (Phi) is 7.93. The molecule has 2 atom stereocenters. The van der Waals surface area contributed by atoms with E-state index in [1.165, 1.54) is 54.4 Å². The number of allylic oxidation sites excluding steroid dienone is 7. The molecule has 2 heteroatoms. The molecule has 0 aliphatic heterocycles. The maximum absolute atomic E-state index is 3.74. The van der Waals surface area contributed by atoms with Crippen molar-refractivity contribution in [2.45, 2.75) is 46.7 Å². The second kappa shape index (κ2) is 11.3. The molecule has 2 aliphatic carbocycles. The first-order chi connectivity index (χ1) is 17.9. The number of aryl methyl sites for hydroxylation is 4. The van der Waals surface area contributed by atoms with Gasteiger partial charge in [-0.25, -0.2) is 0 Å². The molecule has 3 aromatic rings. The lowest BCUT2D eigenvalue weighted by atomic mass is 10.2. The highest BCUT2D eigenvalue weighted by Gasteiger charge is 2.32. The average Bonchev–Trinajstić information content (AvgIpc) is 3.34. The van der Waals surface area contributed by atoms with Crippen molar-refractivity contribution in [2.24, 2.45) is 0 Å². The van der Waals surface area contributed by atoms with E-state index in [4.69, 9.17) is 0 Å². The predicted octanol–water partition coefficient (Wildman–Crippen LogP) is 8.58. The van der Waals surface area contributed by atoms with E-state index in [-0.39, 0.29) is 0 Å². The van der Waals surface area contributed by atoms with Crippen LogP contribution in [0.5, 0.6) is 0 Å². The zero-order chi connectivity index (χ0) is 25.9. The van der Waals surface area contributed by atoms with Crippen LogP contribution in [-0.4, -0.2) is 5.66 Å². The van der Waals surface area contributed by atoms with Gasteiger partial charge in [-0.3, -0.25) is 0 Å². The second-order valence-corrected chi connectivity index (χ2v) is 14.9. The minimum atomic E-state index is -0.651. The van der Waals surface area contributed by atoms with Crippen LogP contribution in [0.2, 0.25) is 0 Å². The van der Waals surface area contributed by atoms with E-state index in [0.29, 0.717) is 5.66 Å². The molecule has 0 saturated heterocycles. The van der Waals surface area contributed by atoms with E-state index in [9.17, 15) is 0 Å². The van der Waals surface area contributed by atoms with Gasteiger partial charge in [-0.2, -0.15) is 0 Å². The molecule has 0 saturated carbocycles. The molecular formula is C35H35P2. The van der Waals surface area contributed by atoms with Crippen molar-refractivity contribution >= 4 is 31.8 Å². The summed E-state index contributed by atoms with van der Waals surface area (Å²) in [4.78, 5) is 0. The molecule has 5 rings (SSSR count). The zero-order valence-corrected chi connectivity index (χ0v) is 24.3. The predicted molar refractivity (Wildman–Crippen MR) is 166 cm³/mol. The Bertz CT molecular complexity index is 1370. The molecule has 0 bridgehead atoms. The van der Waals surface area contributed by atoms with Crippen LogP contribution in [0.25, 0.3) is 0 Å². The molecule has 1 unspecified atom stereocenters. The molecule has 2 aliphatic rings. The largest absolute Gasteiger partial charge is 0.116 e. The van der Waals surface area contributed by atoms with Crippen LogP contribution in [0, 0.1) is 34.1 Å². The molecule has 0 N–H and O–H groups in total. The number of hydrogen-bond donors (Lipinski definition) is 0. The third-order valence-electron chi connectivity index (χ3n) is 6.89. The maximum Gasteiger partial charge on any atom is 0.0174 e. The Hall–Kier alpha value is -2.74. The normalized spacial score (nSPS) is 16.4. The van der Waals surface area contributed by atoms with Gasteiger partial charge in [0.25, 0.3) is 0 Å². The summed E-state index contributed by atoms with van der Waals surface area (Å²) in [5.41, 5.74) is 10.8. The molecular weight excluding hydrogens is 482 g/mol. The van der Waals surface area contributed by atoms with E-state index < -0.39 is 15.8 Å². The summed E-state index contributed by atoms with van der Waals surface area (Å²) in [5.74, 6) is 0. The Morgan fingerprint density at radius 2 is 1.32 bits per heavy atom. The highest BCUT2D eigenvalue weighted by molar-refractivity contribution is 7.75. The molecule has 0 nitrogen and oxygen atoms in total. The van der Waals surface area contributed by atoms with Crippen molar-refractivity contribution in [3.63, 3.8) is 0 Å². The fourth-order valence-electron chi connectivity index (χ4n) is 5.47. The van der Waals surface area contributed by atoms with E-state index >= 15 is 0 Å². The molecule has 185 valence electrons. The summed E-state index contributed by atoms with van der Waals surface area (Å²) in [7, 11) is -1.27. The van der Waals surface area contributed by atoms with Crippen LogP contribution in [0.3, 0.4) is 0 Å². The van der Waals surface area contributed by atoms with Gasteiger partial charge >= 0.3 is 0 Å². The minimum absolute atomic E-state index is 0.341. The molecule has 0 fully saturated rings. The minimum Gasteiger partial charge on any atom is -0.116 e. The molecule has 37 heavy (non-hydrogen) atoms. The Morgan fingerprint density at radius 3 is 1.86 bits per heavy atom. The molecule has 0 spiro atoms. The van der Waals surface area contributed by atoms with E-state index in [0.717, 1.165) is 6.42 Å². The highest BCUT2D eigenvalue weighted by atomic mass is 31.1. The maximum atomic E-state index is 3.74. The first-order valence-corrected chi connectivity index (χ1v) is 15.8. The van der Waals surface area contributed by atoms with Crippen LogP contribution >= 0.6 is 15.8 Å². The third kappa shape index (κ3) is 5.74. The molecule has 3 aromatic carbocycles. The summed E-state index contributed by atoms with van der Waals surface area (Å²) in [5, 5.41) is 7.18. The van der Waals surface area contributed by atoms with E-state index in [1.54, 1.807) is 0 Å². The molecule has 0 amide bonds. The summed E-state index contributed by atoms with van der Waals surface area (Å²) in [6, 6.07) is 25.3. The quantitative estimate of drug-likeness (QED) is 0.218. The molecule has 0 heterocycles. The van der Waals surface area contributed by atoms with E-state index in [1.807, 2.05) is 0 Å². The summed E-state index contributed by atoms with van der Waals surface area (Å²) >= 11 is 0. The van der Waals surface area contributed by atoms with Crippen molar-refractivity contribution in [3.8, 4) is 0 Å². The summed E-state index contributed by atoms with van der Waals surface area (Å²) < 4.78 is 0. The van der Waals surface area contributed by atoms with Gasteiger partial charge in [-0.15, -0.1) is 5.73 Å². The molecule has 0 aromatic heterocycles. The van der Waals surface area contributed by atoms with Crippen molar-refractivity contribution in [1.29, 1.82) is 0 Å². The van der Waals surface area contributed by atoms with Gasteiger partial charge in [-0.1, -0.05) is 114 Å². The monoisotopic (exact) mass is 517 g/mol. The van der Waals surface area contributed by atoms with Gasteiger partial charge in [0.1, 0.15) is 0 Å². The van der Waals surface area contributed by atoms with Crippen molar-refractivity contribution < 1.29 is 0 Å². The Balaban J connectivity index is 1.62. The van der Waals surface area contributed by atoms with Crippen LogP contribution in [0.4, 0.5) is 0 Å². The first kappa shape index (κ1) is 25.9. The van der Waals surface area contributed by atoms with Gasteiger partial charge in [0.2, 0.25) is 0 Å². The van der Waals surface area contributed by atoms with Crippen molar-refractivity contribution in [2.75, 3.05) is 0 Å². The van der Waals surface area contributed by atoms with Crippen molar-refractivity contribution in [1.82, 2.24) is 0 Å². The van der Waals surface area contributed by atoms with Gasteiger partial charge in [0, 0.05) is 11.2 Å². The smallest absolute Gasteiger partial charge is 0.0174 e. The average molecular weight is 518 g/mol.